The molecule has 0 amide bonds. The van der Waals surface area contributed by atoms with E-state index in [9.17, 15) is 18.0 Å². The highest BCUT2D eigenvalue weighted by Crippen LogP contribution is 2.39. The Bertz CT molecular complexity index is 748. The number of carbonyl (C=O) groups is 1. The van der Waals surface area contributed by atoms with Crippen molar-refractivity contribution in [3.8, 4) is 0 Å². The number of thioether (sulfide) groups is 1. The fourth-order valence-corrected chi connectivity index (χ4v) is 3.43. The predicted molar refractivity (Wildman–Crippen MR) is 90.6 cm³/mol. The summed E-state index contributed by atoms with van der Waals surface area (Å²) in [4.78, 5) is 16.6. The Labute approximate surface area is 152 Å². The number of ketones is 1. The minimum Gasteiger partial charge on any atom is -0.297 e. The van der Waals surface area contributed by atoms with Crippen LogP contribution in [0.25, 0.3) is 0 Å². The van der Waals surface area contributed by atoms with Crippen LogP contribution in [-0.4, -0.2) is 26.1 Å². The molecule has 0 fully saturated rings. The molecule has 4 nitrogen and oxygen atoms in total. The van der Waals surface area contributed by atoms with Crippen LogP contribution in [0.2, 0.25) is 5.02 Å². The van der Waals surface area contributed by atoms with Crippen molar-refractivity contribution in [1.29, 1.82) is 0 Å². The highest BCUT2D eigenvalue weighted by molar-refractivity contribution is 8.00. The first-order chi connectivity index (χ1) is 11.5. The van der Waals surface area contributed by atoms with Gasteiger partial charge in [-0.05, 0) is 42.8 Å². The Hall–Kier alpha value is -1.54. The maximum absolute atomic E-state index is 12.7. The summed E-state index contributed by atoms with van der Waals surface area (Å²) < 4.78 is 38.8. The molecule has 0 aliphatic carbocycles. The Kier molecular flexibility index (Phi) is 5.83. The van der Waals surface area contributed by atoms with Crippen LogP contribution in [0.1, 0.15) is 32.4 Å². The van der Waals surface area contributed by atoms with Crippen molar-refractivity contribution in [3.63, 3.8) is 0 Å². The third-order valence-corrected chi connectivity index (χ3v) is 4.84. The number of rotatable bonds is 6. The van der Waals surface area contributed by atoms with Crippen LogP contribution in [0.15, 0.2) is 35.7 Å². The molecule has 0 aliphatic rings. The summed E-state index contributed by atoms with van der Waals surface area (Å²) in [5, 5.41) is 4.18. The lowest BCUT2D eigenvalue weighted by Gasteiger charge is -2.27. The second-order valence-corrected chi connectivity index (χ2v) is 7.82. The third-order valence-electron chi connectivity index (χ3n) is 3.77. The van der Waals surface area contributed by atoms with Gasteiger partial charge in [-0.1, -0.05) is 31.5 Å². The van der Waals surface area contributed by atoms with Gasteiger partial charge in [-0.3, -0.25) is 4.79 Å². The van der Waals surface area contributed by atoms with E-state index in [0.717, 1.165) is 0 Å². The minimum absolute atomic E-state index is 0.0152. The highest BCUT2D eigenvalue weighted by atomic mass is 35.5. The first kappa shape index (κ1) is 19.8. The average molecular weight is 392 g/mol. The van der Waals surface area contributed by atoms with Gasteiger partial charge in [0, 0.05) is 15.3 Å². The monoisotopic (exact) mass is 391 g/mol. The molecule has 1 aromatic carbocycles. The molecule has 0 saturated heterocycles. The molecular formula is C16H17ClF3N3OS. The Morgan fingerprint density at radius 2 is 2.04 bits per heavy atom. The summed E-state index contributed by atoms with van der Waals surface area (Å²) in [6.45, 7) is 5.28. The lowest BCUT2D eigenvalue weighted by atomic mass is 9.79. The van der Waals surface area contributed by atoms with E-state index in [1.807, 2.05) is 0 Å². The van der Waals surface area contributed by atoms with E-state index >= 15 is 0 Å². The van der Waals surface area contributed by atoms with Crippen LogP contribution in [0.5, 0.6) is 0 Å². The highest BCUT2D eigenvalue weighted by Gasteiger charge is 2.34. The smallest absolute Gasteiger partial charge is 0.297 e. The van der Waals surface area contributed by atoms with Crippen LogP contribution < -0.4 is 0 Å². The molecule has 1 atom stereocenters. The van der Waals surface area contributed by atoms with Crippen LogP contribution in [0.4, 0.5) is 13.2 Å². The summed E-state index contributed by atoms with van der Waals surface area (Å²) >= 11 is 5.91. The van der Waals surface area contributed by atoms with Gasteiger partial charge >= 0.3 is 5.51 Å². The largest absolute Gasteiger partial charge is 0.446 e. The number of hydrogen-bond donors (Lipinski definition) is 0. The average Bonchev–Trinajstić information content (AvgIpc) is 3.01. The van der Waals surface area contributed by atoms with Gasteiger partial charge in [0.05, 0.1) is 0 Å². The van der Waals surface area contributed by atoms with E-state index in [1.54, 1.807) is 20.8 Å². The maximum Gasteiger partial charge on any atom is 0.446 e. The molecule has 0 aliphatic heterocycles. The van der Waals surface area contributed by atoms with Crippen molar-refractivity contribution in [3.05, 3.63) is 41.4 Å². The van der Waals surface area contributed by atoms with Gasteiger partial charge in [-0.15, -0.1) is 0 Å². The zero-order valence-electron chi connectivity index (χ0n) is 13.8. The first-order valence-corrected chi connectivity index (χ1v) is 8.61. The van der Waals surface area contributed by atoms with E-state index in [2.05, 4.69) is 10.1 Å². The van der Waals surface area contributed by atoms with E-state index in [1.165, 1.54) is 35.5 Å². The number of carbonyl (C=O) groups excluding carboxylic acids is 1. The number of Topliss-reactive ketones (excluding diaryl/α,β-unsaturated/α-hetero) is 1. The van der Waals surface area contributed by atoms with Crippen molar-refractivity contribution in [2.24, 2.45) is 5.41 Å². The number of benzene rings is 1. The first-order valence-electron chi connectivity index (χ1n) is 7.42. The van der Waals surface area contributed by atoms with Gasteiger partial charge in [-0.2, -0.15) is 18.3 Å². The summed E-state index contributed by atoms with van der Waals surface area (Å²) in [6, 6.07) is 3.67. The normalized spacial score (nSPS) is 13.7. The van der Waals surface area contributed by atoms with E-state index in [-0.39, 0.29) is 27.5 Å². The van der Waals surface area contributed by atoms with E-state index < -0.39 is 17.0 Å². The van der Waals surface area contributed by atoms with Crippen molar-refractivity contribution < 1.29 is 18.0 Å². The fraction of sp³-hybridized carbons (Fsp3) is 0.438. The fourth-order valence-electron chi connectivity index (χ4n) is 2.53. The molecule has 136 valence electrons. The van der Waals surface area contributed by atoms with Crippen LogP contribution >= 0.6 is 23.4 Å². The van der Waals surface area contributed by atoms with Gasteiger partial charge in [0.2, 0.25) is 0 Å². The third kappa shape index (κ3) is 5.22. The molecule has 25 heavy (non-hydrogen) atoms. The Balaban J connectivity index is 2.15. The molecule has 0 radical (unpaired) electrons. The van der Waals surface area contributed by atoms with Gasteiger partial charge < -0.3 is 0 Å². The zero-order chi connectivity index (χ0) is 18.8. The molecule has 1 aromatic heterocycles. The van der Waals surface area contributed by atoms with E-state index in [4.69, 9.17) is 11.6 Å². The van der Waals surface area contributed by atoms with Crippen molar-refractivity contribution in [2.75, 3.05) is 0 Å². The Morgan fingerprint density at radius 1 is 1.36 bits per heavy atom. The molecule has 0 N–H and O–H groups in total. The summed E-state index contributed by atoms with van der Waals surface area (Å²) in [5.74, 6) is -0.0668. The van der Waals surface area contributed by atoms with Gasteiger partial charge in [0.1, 0.15) is 18.7 Å². The number of halogens is 4. The lowest BCUT2D eigenvalue weighted by molar-refractivity contribution is -0.130. The van der Waals surface area contributed by atoms with Crippen molar-refractivity contribution in [2.45, 2.75) is 43.6 Å². The van der Waals surface area contributed by atoms with Crippen LogP contribution in [-0.2, 0) is 11.2 Å². The van der Waals surface area contributed by atoms with Gasteiger partial charge in [-0.25, -0.2) is 9.67 Å². The molecule has 0 bridgehead atoms. The number of alkyl halides is 3. The van der Waals surface area contributed by atoms with Crippen LogP contribution in [0.3, 0.4) is 0 Å². The minimum atomic E-state index is -4.37. The van der Waals surface area contributed by atoms with Gasteiger partial charge in [0.15, 0.2) is 5.78 Å². The quantitative estimate of drug-likeness (QED) is 0.654. The molecule has 9 heteroatoms. The SMILES string of the molecule is CC(C(=O)C(C)(C)Cc1ccc(SC(F)(F)F)cc1Cl)n1cncn1. The molecule has 1 unspecified atom stereocenters. The number of nitrogens with zero attached hydrogens (tertiary/aromatic N) is 3. The van der Waals surface area contributed by atoms with Gasteiger partial charge in [0.25, 0.3) is 0 Å². The zero-order valence-corrected chi connectivity index (χ0v) is 15.4. The molecule has 2 aromatic rings. The molecule has 0 saturated carbocycles. The molecule has 1 heterocycles. The molecule has 0 spiro atoms. The Morgan fingerprint density at radius 3 is 2.56 bits per heavy atom. The number of hydrogen-bond acceptors (Lipinski definition) is 4. The predicted octanol–water partition coefficient (Wildman–Crippen LogP) is 4.94. The maximum atomic E-state index is 12.7. The van der Waals surface area contributed by atoms with E-state index in [0.29, 0.717) is 12.0 Å². The molecular weight excluding hydrogens is 375 g/mol. The number of aromatic nitrogens is 3. The summed E-state index contributed by atoms with van der Waals surface area (Å²) in [5.41, 5.74) is -4.52. The standard InChI is InChI=1S/C16H17ClF3N3OS/c1-10(23-9-21-8-22-23)14(24)15(2,3)7-11-4-5-12(6-13(11)17)25-16(18,19)20/h4-6,8-10H,7H2,1-3H3. The van der Waals surface area contributed by atoms with Crippen molar-refractivity contribution in [1.82, 2.24) is 14.8 Å². The topological polar surface area (TPSA) is 47.8 Å². The summed E-state index contributed by atoms with van der Waals surface area (Å²) in [7, 11) is 0. The second kappa shape index (κ2) is 7.37. The summed E-state index contributed by atoms with van der Waals surface area (Å²) in [6.07, 6.45) is 3.13. The second-order valence-electron chi connectivity index (χ2n) is 6.28. The molecule has 2 rings (SSSR count). The van der Waals surface area contributed by atoms with Crippen molar-refractivity contribution >= 4 is 29.1 Å². The van der Waals surface area contributed by atoms with Crippen LogP contribution in [0, 0.1) is 5.41 Å². The lowest BCUT2D eigenvalue weighted by Crippen LogP contribution is -2.33.